The van der Waals surface area contributed by atoms with Gasteiger partial charge in [-0.05, 0) is 91.4 Å². The average Bonchev–Trinajstić information content (AvgIpc) is 3.01. The summed E-state index contributed by atoms with van der Waals surface area (Å²) in [4.78, 5) is -0.230. The molecule has 0 aliphatic carbocycles. The molecule has 268 valence electrons. The van der Waals surface area contributed by atoms with Gasteiger partial charge in [0.25, 0.3) is 30.4 Å². The Bertz CT molecular complexity index is 2280. The zero-order valence-electron chi connectivity index (χ0n) is 26.9. The molecule has 0 fully saturated rings. The van der Waals surface area contributed by atoms with Crippen LogP contribution in [0.3, 0.4) is 0 Å². The quantitative estimate of drug-likeness (QED) is 0.0398. The van der Waals surface area contributed by atoms with Crippen LogP contribution < -0.4 is 15.2 Å². The van der Waals surface area contributed by atoms with Gasteiger partial charge in [-0.2, -0.15) is 40.6 Å². The number of aryl methyl sites for hydroxylation is 2. The molecule has 50 heavy (non-hydrogen) atoms. The molecule has 0 aliphatic heterocycles. The minimum Gasteiger partial charge on any atom is -0.491 e. The highest BCUT2D eigenvalue weighted by atomic mass is 32.2. The normalized spacial score (nSPS) is 12.7. The van der Waals surface area contributed by atoms with Crippen LogP contribution >= 0.6 is 0 Å². The van der Waals surface area contributed by atoms with Crippen molar-refractivity contribution in [2.45, 2.75) is 38.0 Å². The number of unbranched alkanes of at least 4 members (excludes halogenated alkanes) is 1. The predicted octanol–water partition coefficient (Wildman–Crippen LogP) is 6.82. The Morgan fingerprint density at radius 2 is 1.14 bits per heavy atom. The van der Waals surface area contributed by atoms with Gasteiger partial charge in [0.05, 0.1) is 52.4 Å². The van der Waals surface area contributed by atoms with Crippen LogP contribution in [0.1, 0.15) is 30.4 Å². The first-order chi connectivity index (χ1) is 23.4. The average molecular weight is 750 g/mol. The largest absolute Gasteiger partial charge is 0.491 e. The third kappa shape index (κ3) is 11.5. The highest BCUT2D eigenvalue weighted by Gasteiger charge is 2.13. The molecule has 0 unspecified atom stereocenters. The molecule has 5 N–H and O–H groups in total. The van der Waals surface area contributed by atoms with Gasteiger partial charge in [0.15, 0.2) is 0 Å². The number of fused-ring (bicyclic) bond motifs is 1. The summed E-state index contributed by atoms with van der Waals surface area (Å²) in [7, 11) is -12.6. The fourth-order valence-electron chi connectivity index (χ4n) is 4.54. The van der Waals surface area contributed by atoms with Crippen molar-refractivity contribution < 1.29 is 48.4 Å². The summed E-state index contributed by atoms with van der Waals surface area (Å²) in [6.07, 6.45) is 0.488. The van der Waals surface area contributed by atoms with E-state index in [1.54, 1.807) is 56.3 Å². The first-order valence-electron chi connectivity index (χ1n) is 14.9. The molecule has 0 heterocycles. The molecule has 0 spiro atoms. The number of rotatable bonds is 16. The first-order valence-corrected chi connectivity index (χ1v) is 19.6. The highest BCUT2D eigenvalue weighted by molar-refractivity contribution is 7.86. The lowest BCUT2D eigenvalue weighted by Crippen LogP contribution is -2.09. The van der Waals surface area contributed by atoms with Gasteiger partial charge in [0, 0.05) is 12.1 Å². The molecule has 0 aromatic heterocycles. The molecule has 4 aromatic rings. The maximum Gasteiger partial charge on any atom is 0.294 e. The molecule has 16 nitrogen and oxygen atoms in total. The van der Waals surface area contributed by atoms with Crippen molar-refractivity contribution in [1.82, 2.24) is 0 Å². The Hall–Kier alpha value is -4.53. The second-order valence-corrected chi connectivity index (χ2v) is 15.7. The van der Waals surface area contributed by atoms with E-state index < -0.39 is 41.9 Å². The van der Waals surface area contributed by atoms with Gasteiger partial charge in [-0.1, -0.05) is 12.1 Å². The fourth-order valence-corrected chi connectivity index (χ4v) is 6.11. The summed E-state index contributed by atoms with van der Waals surface area (Å²) in [5, 5.41) is 18.6. The van der Waals surface area contributed by atoms with Crippen molar-refractivity contribution in [1.29, 1.82) is 0 Å². The van der Waals surface area contributed by atoms with Crippen LogP contribution in [0.2, 0.25) is 0 Å². The lowest BCUT2D eigenvalue weighted by molar-refractivity contribution is 0.310. The third-order valence-electron chi connectivity index (χ3n) is 7.10. The van der Waals surface area contributed by atoms with E-state index in [2.05, 4.69) is 20.5 Å². The number of azo groups is 2. The van der Waals surface area contributed by atoms with Crippen molar-refractivity contribution in [2.75, 3.05) is 30.5 Å². The Morgan fingerprint density at radius 3 is 1.82 bits per heavy atom. The Kier molecular flexibility index (Phi) is 12.2. The lowest BCUT2D eigenvalue weighted by Gasteiger charge is -2.12. The summed E-state index contributed by atoms with van der Waals surface area (Å²) < 4.78 is 106. The number of anilines is 1. The molecule has 19 heteroatoms. The Balaban J connectivity index is 1.60. The van der Waals surface area contributed by atoms with E-state index in [-0.39, 0.29) is 42.4 Å². The Labute approximate surface area is 289 Å². The zero-order valence-corrected chi connectivity index (χ0v) is 29.4. The van der Waals surface area contributed by atoms with Crippen LogP contribution in [0.15, 0.2) is 86.0 Å². The first kappa shape index (κ1) is 38.3. The van der Waals surface area contributed by atoms with E-state index in [0.29, 0.717) is 56.8 Å². The van der Waals surface area contributed by atoms with E-state index in [1.807, 2.05) is 0 Å². The lowest BCUT2D eigenvalue weighted by atomic mass is 10.1. The number of nitrogen functional groups attached to an aromatic ring is 1. The predicted molar refractivity (Wildman–Crippen MR) is 187 cm³/mol. The maximum absolute atomic E-state index is 11.5. The van der Waals surface area contributed by atoms with Crippen molar-refractivity contribution >= 4 is 69.6 Å². The van der Waals surface area contributed by atoms with E-state index in [0.717, 1.165) is 0 Å². The van der Waals surface area contributed by atoms with E-state index >= 15 is 0 Å². The summed E-state index contributed by atoms with van der Waals surface area (Å²) in [6, 6.07) is 15.6. The SMILES string of the molecule is Cc1cc(N=Nc2cc(OCCCS(=O)(=O)O)c(N)cc2C)c(OCCCCS(=O)(=O)O)cc1N=Nc1ccc2cc(S(=O)(=O)O)ccc2c1. The van der Waals surface area contributed by atoms with E-state index in [9.17, 15) is 29.8 Å². The standard InChI is InChI=1S/C31H35N5O11S3/c1-20-14-26(32)30(46-11-5-13-49(40,41)42)18-27(20)35-36-29-15-21(2)28(19-31(29)47-10-3-4-12-48(37,38)39)34-33-24-8-6-23-17-25(50(43,44)45)9-7-22(23)16-24/h6-9,14-19H,3-5,10-13,32H2,1-2H3,(H,37,38,39)(H,40,41,42)(H,43,44,45). The number of ether oxygens (including phenoxy) is 2. The minimum atomic E-state index is -4.36. The van der Waals surface area contributed by atoms with Gasteiger partial charge in [-0.25, -0.2) is 0 Å². The molecule has 0 bridgehead atoms. The topological polar surface area (TPSA) is 257 Å². The van der Waals surface area contributed by atoms with Gasteiger partial charge in [-0.3, -0.25) is 13.7 Å². The van der Waals surface area contributed by atoms with Crippen LogP contribution in [-0.4, -0.2) is 63.6 Å². The van der Waals surface area contributed by atoms with E-state index in [4.69, 9.17) is 24.3 Å². The number of hydrogen-bond donors (Lipinski definition) is 4. The van der Waals surface area contributed by atoms with Crippen LogP contribution in [0, 0.1) is 13.8 Å². The summed E-state index contributed by atoms with van der Waals surface area (Å²) in [6.45, 7) is 3.58. The number of nitrogens with two attached hydrogens (primary N) is 1. The fraction of sp³-hybridized carbons (Fsp3) is 0.290. The van der Waals surface area contributed by atoms with Gasteiger partial charge in [-0.15, -0.1) is 5.11 Å². The molecule has 4 rings (SSSR count). The summed E-state index contributed by atoms with van der Waals surface area (Å²) >= 11 is 0. The molecule has 4 aromatic carbocycles. The van der Waals surface area contributed by atoms with Crippen LogP contribution in [-0.2, 0) is 30.4 Å². The molecule has 0 saturated carbocycles. The maximum atomic E-state index is 11.5. The second-order valence-electron chi connectivity index (χ2n) is 11.2. The van der Waals surface area contributed by atoms with Gasteiger partial charge >= 0.3 is 0 Å². The third-order valence-corrected chi connectivity index (χ3v) is 9.55. The molecule has 0 atom stereocenters. The summed E-state index contributed by atoms with van der Waals surface area (Å²) in [5.41, 5.74) is 9.25. The minimum absolute atomic E-state index is 0.0252. The van der Waals surface area contributed by atoms with Gasteiger partial charge in [0.1, 0.15) is 17.2 Å². The Morgan fingerprint density at radius 1 is 0.600 bits per heavy atom. The highest BCUT2D eigenvalue weighted by Crippen LogP contribution is 2.38. The zero-order chi connectivity index (χ0) is 36.7. The van der Waals surface area contributed by atoms with Gasteiger partial charge < -0.3 is 15.2 Å². The number of nitrogens with zero attached hydrogens (tertiary/aromatic N) is 4. The monoisotopic (exact) mass is 749 g/mol. The molecular weight excluding hydrogens is 715 g/mol. The van der Waals surface area contributed by atoms with Crippen molar-refractivity contribution in [3.05, 3.63) is 71.8 Å². The van der Waals surface area contributed by atoms with Crippen LogP contribution in [0.5, 0.6) is 11.5 Å². The van der Waals surface area contributed by atoms with Crippen LogP contribution in [0.4, 0.5) is 28.4 Å². The molecule has 0 amide bonds. The van der Waals surface area contributed by atoms with Crippen molar-refractivity contribution in [2.24, 2.45) is 20.5 Å². The molecule has 0 saturated heterocycles. The van der Waals surface area contributed by atoms with Gasteiger partial charge in [0.2, 0.25) is 0 Å². The van der Waals surface area contributed by atoms with Crippen molar-refractivity contribution in [3.63, 3.8) is 0 Å². The van der Waals surface area contributed by atoms with Crippen LogP contribution in [0.25, 0.3) is 10.8 Å². The second kappa shape index (κ2) is 16.0. The van der Waals surface area contributed by atoms with Crippen molar-refractivity contribution in [3.8, 4) is 11.5 Å². The number of benzene rings is 4. The molecule has 0 aliphatic rings. The smallest absolute Gasteiger partial charge is 0.294 e. The summed E-state index contributed by atoms with van der Waals surface area (Å²) in [5.74, 6) is -0.391. The molecular formula is C31H35N5O11S3. The van der Waals surface area contributed by atoms with E-state index in [1.165, 1.54) is 18.2 Å². The molecule has 0 radical (unpaired) electrons. The number of hydrogen-bond acceptors (Lipinski definition) is 13.